The van der Waals surface area contributed by atoms with E-state index in [1.165, 1.54) is 10.3 Å². The summed E-state index contributed by atoms with van der Waals surface area (Å²) in [5.41, 5.74) is 8.80. The van der Waals surface area contributed by atoms with Gasteiger partial charge >= 0.3 is 0 Å². The molecule has 0 aliphatic carbocycles. The zero-order chi connectivity index (χ0) is 14.8. The lowest BCUT2D eigenvalue weighted by atomic mass is 10.2. The molecule has 0 aliphatic rings. The number of rotatable bonds is 4. The van der Waals surface area contributed by atoms with Crippen LogP contribution in [-0.4, -0.2) is 16.2 Å². The maximum Gasteiger partial charge on any atom is 0.150 e. The Labute approximate surface area is 139 Å². The predicted molar refractivity (Wildman–Crippen MR) is 95.1 cm³/mol. The first-order valence-electron chi connectivity index (χ1n) is 6.24. The van der Waals surface area contributed by atoms with E-state index >= 15 is 0 Å². The van der Waals surface area contributed by atoms with Gasteiger partial charge in [0.25, 0.3) is 0 Å². The lowest BCUT2D eigenvalue weighted by Crippen LogP contribution is -2.04. The van der Waals surface area contributed by atoms with Crippen LogP contribution in [0.25, 0.3) is 10.2 Å². The molecule has 0 radical (unpaired) electrons. The van der Waals surface area contributed by atoms with Gasteiger partial charge in [-0.1, -0.05) is 17.8 Å². The van der Waals surface area contributed by atoms with E-state index in [-0.39, 0.29) is 0 Å². The highest BCUT2D eigenvalue weighted by Crippen LogP contribution is 2.29. The maximum atomic E-state index is 5.93. The summed E-state index contributed by atoms with van der Waals surface area (Å²) < 4.78 is 3.17. The van der Waals surface area contributed by atoms with Crippen LogP contribution in [0, 0.1) is 0 Å². The minimum absolute atomic E-state index is 0.632. The van der Waals surface area contributed by atoms with Gasteiger partial charge in [0, 0.05) is 17.2 Å². The summed E-state index contributed by atoms with van der Waals surface area (Å²) in [5.74, 6) is 0.701. The number of thiazole rings is 1. The van der Waals surface area contributed by atoms with E-state index < -0.39 is 0 Å². The first-order valence-corrected chi connectivity index (χ1v) is 9.07. The van der Waals surface area contributed by atoms with Crippen LogP contribution < -0.4 is 11.1 Å². The number of nitrogens with one attached hydrogen (secondary N) is 1. The molecule has 1 aromatic carbocycles. The Morgan fingerprint density at radius 3 is 3.00 bits per heavy atom. The summed E-state index contributed by atoms with van der Waals surface area (Å²) in [6, 6.07) is 8.14. The molecule has 3 rings (SSSR count). The molecule has 7 heteroatoms. The Balaban J connectivity index is 1.78. The number of nitrogens with two attached hydrogens (primary N) is 1. The number of aromatic nitrogens is 2. The number of halogens is 1. The number of thioether (sulfide) groups is 1. The standard InChI is InChI=1S/C14H13BrN4S2/c1-20-14-19-11-3-2-8(4-12(11)21-14)6-17-13-10(16)5-9(15)7-18-13/h2-5,7H,6,16H2,1H3,(H,17,18). The van der Waals surface area contributed by atoms with Crippen LogP contribution in [0.5, 0.6) is 0 Å². The van der Waals surface area contributed by atoms with Gasteiger partial charge in [0.1, 0.15) is 5.82 Å². The Bertz CT molecular complexity index is 788. The van der Waals surface area contributed by atoms with Crippen LogP contribution in [-0.2, 0) is 6.54 Å². The lowest BCUT2D eigenvalue weighted by molar-refractivity contribution is 1.11. The van der Waals surface area contributed by atoms with Gasteiger partial charge in [-0.3, -0.25) is 0 Å². The number of anilines is 2. The van der Waals surface area contributed by atoms with Crippen LogP contribution >= 0.6 is 39.0 Å². The van der Waals surface area contributed by atoms with Crippen molar-refractivity contribution in [3.63, 3.8) is 0 Å². The van der Waals surface area contributed by atoms with Crippen molar-refractivity contribution in [3.8, 4) is 0 Å². The fraction of sp³-hybridized carbons (Fsp3) is 0.143. The molecule has 0 fully saturated rings. The number of pyridine rings is 1. The van der Waals surface area contributed by atoms with Crippen molar-refractivity contribution >= 4 is 60.8 Å². The van der Waals surface area contributed by atoms with Gasteiger partial charge in [-0.15, -0.1) is 11.3 Å². The lowest BCUT2D eigenvalue weighted by Gasteiger charge is -2.08. The van der Waals surface area contributed by atoms with Crippen molar-refractivity contribution in [1.82, 2.24) is 9.97 Å². The molecule has 2 heterocycles. The van der Waals surface area contributed by atoms with Crippen LogP contribution in [0.2, 0.25) is 0 Å². The minimum atomic E-state index is 0.632. The molecular weight excluding hydrogens is 368 g/mol. The third-order valence-corrected chi connectivity index (χ3v) is 5.39. The predicted octanol–water partition coefficient (Wildman–Crippen LogP) is 4.37. The number of hydrogen-bond acceptors (Lipinski definition) is 6. The van der Waals surface area contributed by atoms with Gasteiger partial charge in [-0.05, 0) is 45.9 Å². The number of fused-ring (bicyclic) bond motifs is 1. The summed E-state index contributed by atoms with van der Waals surface area (Å²) in [6.07, 6.45) is 3.78. The summed E-state index contributed by atoms with van der Waals surface area (Å²) in [5, 5.41) is 3.26. The monoisotopic (exact) mass is 380 g/mol. The van der Waals surface area contributed by atoms with E-state index in [2.05, 4.69) is 49.4 Å². The first kappa shape index (κ1) is 14.6. The topological polar surface area (TPSA) is 63.8 Å². The Morgan fingerprint density at radius 1 is 1.38 bits per heavy atom. The molecule has 21 heavy (non-hydrogen) atoms. The zero-order valence-corrected chi connectivity index (χ0v) is 14.5. The largest absolute Gasteiger partial charge is 0.396 e. The van der Waals surface area contributed by atoms with Crippen molar-refractivity contribution < 1.29 is 0 Å². The van der Waals surface area contributed by atoms with Crippen LogP contribution in [0.15, 0.2) is 39.3 Å². The van der Waals surface area contributed by atoms with Gasteiger partial charge in [-0.2, -0.15) is 0 Å². The van der Waals surface area contributed by atoms with Crippen molar-refractivity contribution in [2.45, 2.75) is 10.9 Å². The third-order valence-electron chi connectivity index (χ3n) is 2.95. The summed E-state index contributed by atoms with van der Waals surface area (Å²) in [4.78, 5) is 8.81. The van der Waals surface area contributed by atoms with Crippen LogP contribution in [0.4, 0.5) is 11.5 Å². The second kappa shape index (κ2) is 6.21. The summed E-state index contributed by atoms with van der Waals surface area (Å²) >= 11 is 6.74. The number of nitrogens with zero attached hydrogens (tertiary/aromatic N) is 2. The Morgan fingerprint density at radius 2 is 2.24 bits per heavy atom. The van der Waals surface area contributed by atoms with Gasteiger partial charge < -0.3 is 11.1 Å². The van der Waals surface area contributed by atoms with E-state index in [9.17, 15) is 0 Å². The van der Waals surface area contributed by atoms with Gasteiger partial charge in [0.15, 0.2) is 4.34 Å². The highest BCUT2D eigenvalue weighted by molar-refractivity contribution is 9.10. The number of hydrogen-bond donors (Lipinski definition) is 2. The molecule has 0 aliphatic heterocycles. The van der Waals surface area contributed by atoms with Crippen molar-refractivity contribution in [1.29, 1.82) is 0 Å². The average Bonchev–Trinajstić information content (AvgIpc) is 2.88. The van der Waals surface area contributed by atoms with Crippen LogP contribution in [0.3, 0.4) is 0 Å². The average molecular weight is 381 g/mol. The maximum absolute atomic E-state index is 5.93. The minimum Gasteiger partial charge on any atom is -0.396 e. The highest BCUT2D eigenvalue weighted by Gasteiger charge is 2.05. The molecule has 0 atom stereocenters. The van der Waals surface area contributed by atoms with E-state index in [1.54, 1.807) is 29.3 Å². The molecule has 0 bridgehead atoms. The molecular formula is C14H13BrN4S2. The molecule has 0 saturated carbocycles. The quantitative estimate of drug-likeness (QED) is 0.657. The van der Waals surface area contributed by atoms with Crippen LogP contribution in [0.1, 0.15) is 5.56 Å². The molecule has 4 nitrogen and oxygen atoms in total. The van der Waals surface area contributed by atoms with Gasteiger partial charge in [0.2, 0.25) is 0 Å². The molecule has 2 aromatic heterocycles. The van der Waals surface area contributed by atoms with Gasteiger partial charge in [-0.25, -0.2) is 9.97 Å². The zero-order valence-electron chi connectivity index (χ0n) is 11.3. The molecule has 0 spiro atoms. The van der Waals surface area contributed by atoms with E-state index in [0.29, 0.717) is 18.1 Å². The normalized spacial score (nSPS) is 11.0. The van der Waals surface area contributed by atoms with Crippen molar-refractivity contribution in [2.24, 2.45) is 0 Å². The van der Waals surface area contributed by atoms with E-state index in [1.807, 2.05) is 12.3 Å². The van der Waals surface area contributed by atoms with Crippen molar-refractivity contribution in [2.75, 3.05) is 17.3 Å². The first-order chi connectivity index (χ1) is 10.2. The van der Waals surface area contributed by atoms with Gasteiger partial charge in [0.05, 0.1) is 15.9 Å². The highest BCUT2D eigenvalue weighted by atomic mass is 79.9. The third kappa shape index (κ3) is 3.30. The number of benzene rings is 1. The summed E-state index contributed by atoms with van der Waals surface area (Å²) in [7, 11) is 0. The SMILES string of the molecule is CSc1nc2ccc(CNc3ncc(Br)cc3N)cc2s1. The molecule has 108 valence electrons. The second-order valence-corrected chi connectivity index (χ2v) is 7.43. The fourth-order valence-electron chi connectivity index (χ4n) is 1.93. The Hall–Kier alpha value is -1.31. The Kier molecular flexibility index (Phi) is 4.32. The second-order valence-electron chi connectivity index (χ2n) is 4.43. The molecule has 3 aromatic rings. The summed E-state index contributed by atoms with van der Waals surface area (Å²) in [6.45, 7) is 0.682. The van der Waals surface area contributed by atoms with E-state index in [0.717, 1.165) is 14.3 Å². The molecule has 0 unspecified atom stereocenters. The fourth-order valence-corrected chi connectivity index (χ4v) is 3.84. The molecule has 0 amide bonds. The van der Waals surface area contributed by atoms with Crippen molar-refractivity contribution in [3.05, 3.63) is 40.5 Å². The van der Waals surface area contributed by atoms with E-state index in [4.69, 9.17) is 5.73 Å². The number of nitrogen functional groups attached to an aromatic ring is 1. The smallest absolute Gasteiger partial charge is 0.150 e. The molecule has 0 saturated heterocycles. The molecule has 3 N–H and O–H groups in total.